The topological polar surface area (TPSA) is 69.6 Å². The Balaban J connectivity index is 2.45. The standard InChI is InChI=1S/C14H26N2O3/c1-5-14(4,19)9-15-13(18)11-6-12(17)16(8-11)7-10(2)3/h10-11,19H,5-9H2,1-4H3,(H,15,18). The molecular weight excluding hydrogens is 244 g/mol. The molecule has 19 heavy (non-hydrogen) atoms. The van der Waals surface area contributed by atoms with Crippen molar-refractivity contribution in [1.29, 1.82) is 0 Å². The number of carbonyl (C=O) groups excluding carboxylic acids is 2. The van der Waals surface area contributed by atoms with Crippen molar-refractivity contribution in [1.82, 2.24) is 10.2 Å². The van der Waals surface area contributed by atoms with E-state index in [1.807, 2.05) is 6.92 Å². The van der Waals surface area contributed by atoms with E-state index in [0.717, 1.165) is 0 Å². The number of aliphatic hydroxyl groups is 1. The molecule has 5 heteroatoms. The van der Waals surface area contributed by atoms with Gasteiger partial charge in [-0.3, -0.25) is 9.59 Å². The summed E-state index contributed by atoms with van der Waals surface area (Å²) in [5, 5.41) is 12.6. The van der Waals surface area contributed by atoms with Crippen LogP contribution in [0, 0.1) is 11.8 Å². The predicted molar refractivity (Wildman–Crippen MR) is 73.4 cm³/mol. The van der Waals surface area contributed by atoms with Gasteiger partial charge < -0.3 is 15.3 Å². The van der Waals surface area contributed by atoms with Crippen molar-refractivity contribution in [2.75, 3.05) is 19.6 Å². The van der Waals surface area contributed by atoms with Crippen molar-refractivity contribution in [3.05, 3.63) is 0 Å². The molecule has 0 bridgehead atoms. The van der Waals surface area contributed by atoms with Gasteiger partial charge in [0.05, 0.1) is 11.5 Å². The lowest BCUT2D eigenvalue weighted by molar-refractivity contribution is -0.129. The highest BCUT2D eigenvalue weighted by atomic mass is 16.3. The molecule has 1 aliphatic heterocycles. The second-order valence-electron chi connectivity index (χ2n) is 6.16. The molecule has 0 aromatic carbocycles. The average molecular weight is 270 g/mol. The smallest absolute Gasteiger partial charge is 0.225 e. The molecule has 0 spiro atoms. The fourth-order valence-electron chi connectivity index (χ4n) is 2.11. The van der Waals surface area contributed by atoms with Crippen LogP contribution in [-0.4, -0.2) is 47.1 Å². The van der Waals surface area contributed by atoms with Gasteiger partial charge in [-0.1, -0.05) is 20.8 Å². The SMILES string of the molecule is CCC(C)(O)CNC(=O)C1CC(=O)N(CC(C)C)C1. The molecule has 0 radical (unpaired) electrons. The van der Waals surface area contributed by atoms with E-state index in [4.69, 9.17) is 0 Å². The minimum absolute atomic E-state index is 0.0519. The van der Waals surface area contributed by atoms with Gasteiger partial charge in [-0.25, -0.2) is 0 Å². The number of hydrogen-bond acceptors (Lipinski definition) is 3. The lowest BCUT2D eigenvalue weighted by Gasteiger charge is -2.23. The summed E-state index contributed by atoms with van der Waals surface area (Å²) >= 11 is 0. The minimum Gasteiger partial charge on any atom is -0.388 e. The zero-order valence-corrected chi connectivity index (χ0v) is 12.4. The van der Waals surface area contributed by atoms with E-state index in [0.29, 0.717) is 25.4 Å². The first-order valence-electron chi connectivity index (χ1n) is 7.03. The highest BCUT2D eigenvalue weighted by Crippen LogP contribution is 2.19. The Hall–Kier alpha value is -1.10. The Morgan fingerprint density at radius 3 is 2.74 bits per heavy atom. The van der Waals surface area contributed by atoms with Crippen LogP contribution in [0.25, 0.3) is 0 Å². The molecule has 0 aliphatic carbocycles. The molecule has 1 fully saturated rings. The van der Waals surface area contributed by atoms with Crippen LogP contribution in [-0.2, 0) is 9.59 Å². The molecule has 1 saturated heterocycles. The van der Waals surface area contributed by atoms with E-state index in [1.54, 1.807) is 11.8 Å². The highest BCUT2D eigenvalue weighted by Gasteiger charge is 2.34. The van der Waals surface area contributed by atoms with E-state index >= 15 is 0 Å². The third-order valence-electron chi connectivity index (χ3n) is 3.58. The van der Waals surface area contributed by atoms with E-state index < -0.39 is 5.60 Å². The predicted octanol–water partition coefficient (Wildman–Crippen LogP) is 0.768. The van der Waals surface area contributed by atoms with Crippen LogP contribution in [0.5, 0.6) is 0 Å². The van der Waals surface area contributed by atoms with Gasteiger partial charge in [-0.15, -0.1) is 0 Å². The van der Waals surface area contributed by atoms with Crippen molar-refractivity contribution in [3.8, 4) is 0 Å². The number of nitrogens with one attached hydrogen (secondary N) is 1. The Kier molecular flexibility index (Phi) is 5.35. The van der Waals surface area contributed by atoms with E-state index in [1.165, 1.54) is 0 Å². The van der Waals surface area contributed by atoms with Crippen molar-refractivity contribution >= 4 is 11.8 Å². The number of hydrogen-bond donors (Lipinski definition) is 2. The fourth-order valence-corrected chi connectivity index (χ4v) is 2.11. The largest absolute Gasteiger partial charge is 0.388 e. The molecule has 0 aromatic heterocycles. The Labute approximate surface area is 115 Å². The quantitative estimate of drug-likeness (QED) is 0.749. The Morgan fingerprint density at radius 1 is 1.58 bits per heavy atom. The molecule has 0 saturated carbocycles. The molecule has 2 atom stereocenters. The van der Waals surface area contributed by atoms with Crippen LogP contribution in [0.3, 0.4) is 0 Å². The second kappa shape index (κ2) is 6.37. The Morgan fingerprint density at radius 2 is 2.21 bits per heavy atom. The highest BCUT2D eigenvalue weighted by molar-refractivity contribution is 5.89. The number of rotatable bonds is 6. The van der Waals surface area contributed by atoms with Crippen LogP contribution >= 0.6 is 0 Å². The van der Waals surface area contributed by atoms with Gasteiger partial charge >= 0.3 is 0 Å². The zero-order chi connectivity index (χ0) is 14.6. The summed E-state index contributed by atoms with van der Waals surface area (Å²) in [6.07, 6.45) is 0.864. The fraction of sp³-hybridized carbons (Fsp3) is 0.857. The van der Waals surface area contributed by atoms with Gasteiger partial charge in [0.25, 0.3) is 0 Å². The summed E-state index contributed by atoms with van der Waals surface area (Å²) in [7, 11) is 0. The van der Waals surface area contributed by atoms with Crippen molar-refractivity contribution in [3.63, 3.8) is 0 Å². The molecule has 1 heterocycles. The molecule has 110 valence electrons. The molecule has 0 aromatic rings. The van der Waals surface area contributed by atoms with Crippen LogP contribution in [0.15, 0.2) is 0 Å². The number of nitrogens with zero attached hydrogens (tertiary/aromatic N) is 1. The monoisotopic (exact) mass is 270 g/mol. The maximum absolute atomic E-state index is 12.0. The van der Waals surface area contributed by atoms with Gasteiger partial charge in [0, 0.05) is 26.1 Å². The number of amides is 2. The van der Waals surface area contributed by atoms with Crippen molar-refractivity contribution in [2.45, 2.75) is 46.1 Å². The molecule has 2 unspecified atom stereocenters. The maximum atomic E-state index is 12.0. The van der Waals surface area contributed by atoms with Gasteiger partial charge in [0.15, 0.2) is 0 Å². The van der Waals surface area contributed by atoms with Crippen molar-refractivity contribution in [2.24, 2.45) is 11.8 Å². The second-order valence-corrected chi connectivity index (χ2v) is 6.16. The first kappa shape index (κ1) is 16.0. The summed E-state index contributed by atoms with van der Waals surface area (Å²) in [6, 6.07) is 0. The first-order valence-corrected chi connectivity index (χ1v) is 7.03. The molecule has 2 amide bonds. The third kappa shape index (κ3) is 4.82. The number of carbonyl (C=O) groups is 2. The van der Waals surface area contributed by atoms with Crippen LogP contribution < -0.4 is 5.32 Å². The van der Waals surface area contributed by atoms with Crippen LogP contribution in [0.4, 0.5) is 0 Å². The lowest BCUT2D eigenvalue weighted by Crippen LogP contribution is -2.43. The summed E-state index contributed by atoms with van der Waals surface area (Å²) in [5.74, 6) is 0.0509. The molecule has 1 rings (SSSR count). The van der Waals surface area contributed by atoms with Gasteiger partial charge in [-0.05, 0) is 19.3 Å². The molecule has 5 nitrogen and oxygen atoms in total. The van der Waals surface area contributed by atoms with Crippen LogP contribution in [0.1, 0.15) is 40.5 Å². The van der Waals surface area contributed by atoms with Crippen molar-refractivity contribution < 1.29 is 14.7 Å². The summed E-state index contributed by atoms with van der Waals surface area (Å²) in [6.45, 7) is 9.11. The molecular formula is C14H26N2O3. The maximum Gasteiger partial charge on any atom is 0.225 e. The number of likely N-dealkylation sites (tertiary alicyclic amines) is 1. The zero-order valence-electron chi connectivity index (χ0n) is 12.4. The first-order chi connectivity index (χ1) is 8.75. The lowest BCUT2D eigenvalue weighted by atomic mass is 10.0. The van der Waals surface area contributed by atoms with Gasteiger partial charge in [0.1, 0.15) is 0 Å². The summed E-state index contributed by atoms with van der Waals surface area (Å²) in [4.78, 5) is 25.5. The average Bonchev–Trinajstić information content (AvgIpc) is 2.67. The molecule has 2 N–H and O–H groups in total. The summed E-state index contributed by atoms with van der Waals surface area (Å²) in [5.41, 5.74) is -0.879. The minimum atomic E-state index is -0.879. The Bertz CT molecular complexity index is 340. The van der Waals surface area contributed by atoms with Crippen LogP contribution in [0.2, 0.25) is 0 Å². The van der Waals surface area contributed by atoms with E-state index in [2.05, 4.69) is 19.2 Å². The van der Waals surface area contributed by atoms with E-state index in [-0.39, 0.29) is 30.7 Å². The van der Waals surface area contributed by atoms with Gasteiger partial charge in [-0.2, -0.15) is 0 Å². The van der Waals surface area contributed by atoms with E-state index in [9.17, 15) is 14.7 Å². The normalized spacial score (nSPS) is 22.7. The summed E-state index contributed by atoms with van der Waals surface area (Å²) < 4.78 is 0. The third-order valence-corrected chi connectivity index (χ3v) is 3.58. The van der Waals surface area contributed by atoms with Gasteiger partial charge in [0.2, 0.25) is 11.8 Å². The molecule has 1 aliphatic rings.